The highest BCUT2D eigenvalue weighted by Gasteiger charge is 2.42. The fraction of sp³-hybridized carbons (Fsp3) is 0.500. The number of hydrogen-bond acceptors (Lipinski definition) is 7. The summed E-state index contributed by atoms with van der Waals surface area (Å²) in [5, 5.41) is 11.7. The number of aryl methyl sites for hydroxylation is 1. The van der Waals surface area contributed by atoms with Crippen LogP contribution in [0.5, 0.6) is 0 Å². The molecule has 0 unspecified atom stereocenters. The average molecular weight is 446 g/mol. The molecule has 4 N–H and O–H groups in total. The molecule has 1 aliphatic heterocycles. The number of aromatic nitrogens is 1. The summed E-state index contributed by atoms with van der Waals surface area (Å²) in [6.45, 7) is 7.71. The van der Waals surface area contributed by atoms with Crippen LogP contribution in [0.2, 0.25) is 0 Å². The molecule has 0 spiro atoms. The van der Waals surface area contributed by atoms with Gasteiger partial charge in [0.05, 0.1) is 33.9 Å². The molecule has 2 aromatic rings. The Morgan fingerprint density at radius 1 is 1.32 bits per heavy atom. The highest BCUT2D eigenvalue weighted by molar-refractivity contribution is 7.13. The van der Waals surface area contributed by atoms with Crippen molar-refractivity contribution in [2.45, 2.75) is 52.3 Å². The van der Waals surface area contributed by atoms with Gasteiger partial charge in [0.25, 0.3) is 5.91 Å². The van der Waals surface area contributed by atoms with E-state index in [-0.39, 0.29) is 24.8 Å². The molecule has 0 aliphatic carbocycles. The highest BCUT2D eigenvalue weighted by atomic mass is 32.1. The maximum absolute atomic E-state index is 13.0. The molecular formula is C22H31N5O3S. The smallest absolute Gasteiger partial charge is 0.261 e. The number of hydrazine groups is 1. The number of thiazole rings is 1. The Morgan fingerprint density at radius 3 is 2.52 bits per heavy atom. The van der Waals surface area contributed by atoms with Crippen LogP contribution in [0.25, 0.3) is 10.4 Å². The molecule has 2 amide bonds. The molecular weight excluding hydrogens is 414 g/mol. The third-order valence-electron chi connectivity index (χ3n) is 5.60. The number of β-amino-alcohol motifs (C(OH)–C–C–N with tert-alkyl or cyclic N) is 1. The zero-order valence-corrected chi connectivity index (χ0v) is 19.4. The second-order valence-electron chi connectivity index (χ2n) is 9.09. The first-order valence-corrected chi connectivity index (χ1v) is 11.2. The van der Waals surface area contributed by atoms with Crippen LogP contribution in [0, 0.1) is 12.3 Å². The van der Waals surface area contributed by atoms with E-state index >= 15 is 0 Å². The van der Waals surface area contributed by atoms with Gasteiger partial charge in [-0.25, -0.2) is 4.98 Å². The van der Waals surface area contributed by atoms with Crippen molar-refractivity contribution in [3.05, 3.63) is 35.5 Å². The number of carbonyl (C=O) groups is 2. The maximum atomic E-state index is 13.0. The van der Waals surface area contributed by atoms with E-state index in [1.54, 1.807) is 23.4 Å². The van der Waals surface area contributed by atoms with E-state index in [1.165, 1.54) is 4.90 Å². The number of anilines is 1. The maximum Gasteiger partial charge on any atom is 0.261 e. The van der Waals surface area contributed by atoms with E-state index < -0.39 is 23.6 Å². The summed E-state index contributed by atoms with van der Waals surface area (Å²) in [7, 11) is 1.74. The van der Waals surface area contributed by atoms with Crippen LogP contribution in [0.1, 0.15) is 32.9 Å². The van der Waals surface area contributed by atoms with Crippen molar-refractivity contribution in [1.29, 1.82) is 0 Å². The molecule has 1 aromatic heterocycles. The van der Waals surface area contributed by atoms with Crippen LogP contribution in [0.3, 0.4) is 0 Å². The first kappa shape index (κ1) is 23.2. The van der Waals surface area contributed by atoms with E-state index in [0.717, 1.165) is 21.8 Å². The Morgan fingerprint density at radius 2 is 1.97 bits per heavy atom. The summed E-state index contributed by atoms with van der Waals surface area (Å²) in [5.74, 6) is -0.674. The first-order valence-electron chi connectivity index (χ1n) is 10.3. The monoisotopic (exact) mass is 445 g/mol. The molecule has 31 heavy (non-hydrogen) atoms. The number of benzene rings is 1. The van der Waals surface area contributed by atoms with Crippen LogP contribution in [0.15, 0.2) is 29.8 Å². The van der Waals surface area contributed by atoms with Gasteiger partial charge < -0.3 is 15.7 Å². The van der Waals surface area contributed by atoms with Gasteiger partial charge in [-0.2, -0.15) is 0 Å². The summed E-state index contributed by atoms with van der Waals surface area (Å²) in [6, 6.07) is 6.27. The minimum atomic E-state index is -0.766. The first-order chi connectivity index (χ1) is 14.5. The Hall–Kier alpha value is -2.49. The van der Waals surface area contributed by atoms with E-state index in [9.17, 15) is 14.7 Å². The molecule has 3 rings (SSSR count). The standard InChI is InChI=1S/C22H31N5O3S/c1-13-18(31-12-24-13)14-6-8-15(9-7-14)26(5)25-20(29)17-10-16(28)11-27(17)21(30)19(23)22(2,3)4/h6-9,12,16-17,19,28H,10-11,23H2,1-5H3,(H,25,29)/t16-,17+,19-/m1/s1. The largest absolute Gasteiger partial charge is 0.391 e. The predicted octanol–water partition coefficient (Wildman–Crippen LogP) is 1.92. The summed E-state index contributed by atoms with van der Waals surface area (Å²) in [5.41, 5.74) is 13.2. The summed E-state index contributed by atoms with van der Waals surface area (Å²) >= 11 is 1.59. The van der Waals surface area contributed by atoms with Crippen molar-refractivity contribution in [3.63, 3.8) is 0 Å². The van der Waals surface area contributed by atoms with Crippen molar-refractivity contribution in [1.82, 2.24) is 15.3 Å². The number of amides is 2. The SMILES string of the molecule is Cc1ncsc1-c1ccc(N(C)NC(=O)[C@@H]2C[C@@H](O)CN2C(=O)[C@@H](N)C(C)(C)C)cc1. The van der Waals surface area contributed by atoms with Crippen LogP contribution >= 0.6 is 11.3 Å². The van der Waals surface area contributed by atoms with Crippen molar-refractivity contribution in [2.24, 2.45) is 11.1 Å². The zero-order valence-electron chi connectivity index (χ0n) is 18.6. The number of nitrogens with one attached hydrogen (secondary N) is 1. The van der Waals surface area contributed by atoms with Gasteiger partial charge in [0.1, 0.15) is 6.04 Å². The molecule has 1 aromatic carbocycles. The van der Waals surface area contributed by atoms with Gasteiger partial charge in [0, 0.05) is 20.0 Å². The molecule has 0 saturated carbocycles. The van der Waals surface area contributed by atoms with Gasteiger partial charge >= 0.3 is 0 Å². The highest BCUT2D eigenvalue weighted by Crippen LogP contribution is 2.29. The van der Waals surface area contributed by atoms with Crippen molar-refractivity contribution in [2.75, 3.05) is 18.6 Å². The van der Waals surface area contributed by atoms with E-state index in [4.69, 9.17) is 5.73 Å². The Kier molecular flexibility index (Phi) is 6.68. The predicted molar refractivity (Wildman–Crippen MR) is 122 cm³/mol. The topological polar surface area (TPSA) is 112 Å². The van der Waals surface area contributed by atoms with Gasteiger partial charge in [0.2, 0.25) is 5.91 Å². The second kappa shape index (κ2) is 8.94. The summed E-state index contributed by atoms with van der Waals surface area (Å²) < 4.78 is 0. The van der Waals surface area contributed by atoms with Crippen molar-refractivity contribution in [3.8, 4) is 10.4 Å². The van der Waals surface area contributed by atoms with E-state index in [2.05, 4.69) is 10.4 Å². The quantitative estimate of drug-likeness (QED) is 0.607. The number of rotatable bonds is 5. The van der Waals surface area contributed by atoms with Gasteiger partial charge in [-0.3, -0.25) is 20.0 Å². The lowest BCUT2D eigenvalue weighted by Gasteiger charge is -2.33. The molecule has 0 bridgehead atoms. The number of aliphatic hydroxyl groups is 1. The molecule has 8 nitrogen and oxygen atoms in total. The fourth-order valence-corrected chi connectivity index (χ4v) is 4.39. The Bertz CT molecular complexity index is 937. The third-order valence-corrected chi connectivity index (χ3v) is 6.58. The van der Waals surface area contributed by atoms with Crippen LogP contribution in [0.4, 0.5) is 5.69 Å². The molecule has 2 heterocycles. The molecule has 9 heteroatoms. The zero-order chi connectivity index (χ0) is 22.9. The molecule has 1 aliphatic rings. The lowest BCUT2D eigenvalue weighted by Crippen LogP contribution is -2.56. The molecule has 1 saturated heterocycles. The van der Waals surface area contributed by atoms with Gasteiger partial charge in [-0.1, -0.05) is 32.9 Å². The lowest BCUT2D eigenvalue weighted by molar-refractivity contribution is -0.141. The lowest BCUT2D eigenvalue weighted by atomic mass is 9.86. The van der Waals surface area contributed by atoms with E-state index in [0.29, 0.717) is 0 Å². The summed E-state index contributed by atoms with van der Waals surface area (Å²) in [4.78, 5) is 32.6. The van der Waals surface area contributed by atoms with Gasteiger partial charge in [0.15, 0.2) is 0 Å². The molecule has 1 fully saturated rings. The second-order valence-corrected chi connectivity index (χ2v) is 9.94. The minimum Gasteiger partial charge on any atom is -0.391 e. The van der Waals surface area contributed by atoms with Crippen LogP contribution in [-0.2, 0) is 9.59 Å². The molecule has 0 radical (unpaired) electrons. The minimum absolute atomic E-state index is 0.104. The third kappa shape index (κ3) is 5.06. The van der Waals surface area contributed by atoms with Crippen LogP contribution in [-0.4, -0.2) is 58.6 Å². The number of nitrogens with zero attached hydrogens (tertiary/aromatic N) is 3. The van der Waals surface area contributed by atoms with Crippen molar-refractivity contribution < 1.29 is 14.7 Å². The van der Waals surface area contributed by atoms with Crippen molar-refractivity contribution >= 4 is 28.8 Å². The Balaban J connectivity index is 1.69. The number of likely N-dealkylation sites (tertiary alicyclic amines) is 1. The van der Waals surface area contributed by atoms with Crippen LogP contribution < -0.4 is 16.2 Å². The summed E-state index contributed by atoms with van der Waals surface area (Å²) in [6.07, 6.45) is -0.564. The number of aliphatic hydroxyl groups excluding tert-OH is 1. The number of nitrogens with two attached hydrogens (primary N) is 1. The average Bonchev–Trinajstić information content (AvgIpc) is 3.31. The fourth-order valence-electron chi connectivity index (χ4n) is 3.57. The van der Waals surface area contributed by atoms with E-state index in [1.807, 2.05) is 57.5 Å². The van der Waals surface area contributed by atoms with Gasteiger partial charge in [-0.15, -0.1) is 11.3 Å². The molecule has 168 valence electrons. The normalized spacial score (nSPS) is 19.9. The number of hydrogen-bond donors (Lipinski definition) is 3. The number of carbonyl (C=O) groups excluding carboxylic acids is 2. The molecule has 3 atom stereocenters. The van der Waals surface area contributed by atoms with Gasteiger partial charge in [-0.05, 0) is 30.0 Å². The Labute approximate surface area is 187 Å².